The largest absolute Gasteiger partial charge is 0.355 e. The monoisotopic (exact) mass is 436 g/mol. The molecule has 3 rings (SSSR count). The summed E-state index contributed by atoms with van der Waals surface area (Å²) >= 11 is 14.1. The minimum Gasteiger partial charge on any atom is -0.355 e. The molecule has 1 aliphatic rings. The minimum atomic E-state index is 0.125. The Hall–Kier alpha value is -1.20. The first kappa shape index (κ1) is 21.5. The number of likely N-dealkylation sites (tertiary alicyclic amines) is 1. The van der Waals surface area contributed by atoms with Crippen molar-refractivity contribution in [2.45, 2.75) is 25.1 Å². The van der Waals surface area contributed by atoms with Crippen molar-refractivity contribution in [1.29, 1.82) is 0 Å². The zero-order valence-electron chi connectivity index (χ0n) is 15.9. The van der Waals surface area contributed by atoms with Crippen LogP contribution < -0.4 is 5.32 Å². The third kappa shape index (κ3) is 6.70. The van der Waals surface area contributed by atoms with E-state index in [0.29, 0.717) is 6.54 Å². The molecule has 28 heavy (non-hydrogen) atoms. The summed E-state index contributed by atoms with van der Waals surface area (Å²) in [5.41, 5.74) is 2.37. The molecular weight excluding hydrogens is 411 g/mol. The van der Waals surface area contributed by atoms with E-state index in [2.05, 4.69) is 22.3 Å². The Kier molecular flexibility index (Phi) is 8.53. The average Bonchev–Trinajstić information content (AvgIpc) is 2.70. The van der Waals surface area contributed by atoms with Crippen molar-refractivity contribution in [3.8, 4) is 0 Å². The fourth-order valence-electron chi connectivity index (χ4n) is 3.43. The van der Waals surface area contributed by atoms with Crippen LogP contribution in [0.4, 0.5) is 0 Å². The summed E-state index contributed by atoms with van der Waals surface area (Å²) in [5.74, 6) is 2.14. The van der Waals surface area contributed by atoms with Crippen LogP contribution in [-0.2, 0) is 17.1 Å². The number of amides is 1. The van der Waals surface area contributed by atoms with Gasteiger partial charge in [-0.1, -0.05) is 53.5 Å². The van der Waals surface area contributed by atoms with Crippen LogP contribution in [0, 0.1) is 5.92 Å². The molecule has 0 atom stereocenters. The van der Waals surface area contributed by atoms with Gasteiger partial charge in [-0.05, 0) is 55.3 Å². The van der Waals surface area contributed by atoms with Crippen LogP contribution in [0.2, 0.25) is 10.0 Å². The highest BCUT2D eigenvalue weighted by molar-refractivity contribution is 7.98. The van der Waals surface area contributed by atoms with E-state index in [-0.39, 0.29) is 11.8 Å². The number of hydrogen-bond acceptors (Lipinski definition) is 3. The normalized spacial score (nSPS) is 15.5. The Morgan fingerprint density at radius 1 is 1.11 bits per heavy atom. The lowest BCUT2D eigenvalue weighted by molar-refractivity contribution is -0.126. The van der Waals surface area contributed by atoms with E-state index < -0.39 is 0 Å². The molecule has 2 aromatic rings. The van der Waals surface area contributed by atoms with E-state index in [4.69, 9.17) is 23.2 Å². The van der Waals surface area contributed by atoms with Gasteiger partial charge in [0.05, 0.1) is 0 Å². The van der Waals surface area contributed by atoms with Crippen molar-refractivity contribution in [2.75, 3.05) is 25.4 Å². The SMILES string of the molecule is O=C(NCCSCc1cccc(Cl)c1)C1CCN(Cc2ccccc2Cl)CC1. The van der Waals surface area contributed by atoms with Gasteiger partial charge in [0.1, 0.15) is 0 Å². The van der Waals surface area contributed by atoms with Crippen molar-refractivity contribution in [3.63, 3.8) is 0 Å². The smallest absolute Gasteiger partial charge is 0.223 e. The second-order valence-corrected chi connectivity index (χ2v) is 9.06. The molecule has 0 unspecified atom stereocenters. The predicted molar refractivity (Wildman–Crippen MR) is 120 cm³/mol. The zero-order chi connectivity index (χ0) is 19.8. The van der Waals surface area contributed by atoms with Gasteiger partial charge in [0, 0.05) is 40.6 Å². The van der Waals surface area contributed by atoms with E-state index in [9.17, 15) is 4.79 Å². The summed E-state index contributed by atoms with van der Waals surface area (Å²) in [6.45, 7) is 3.44. The number of carbonyl (C=O) groups excluding carboxylic acids is 1. The van der Waals surface area contributed by atoms with E-state index in [1.807, 2.05) is 48.2 Å². The Balaban J connectivity index is 1.31. The van der Waals surface area contributed by atoms with Gasteiger partial charge < -0.3 is 5.32 Å². The first-order valence-electron chi connectivity index (χ1n) is 9.67. The minimum absolute atomic E-state index is 0.125. The van der Waals surface area contributed by atoms with Gasteiger partial charge in [0.2, 0.25) is 5.91 Å². The molecule has 0 saturated carbocycles. The average molecular weight is 437 g/mol. The fraction of sp³-hybridized carbons (Fsp3) is 0.409. The number of carbonyl (C=O) groups is 1. The molecule has 1 N–H and O–H groups in total. The molecule has 1 saturated heterocycles. The van der Waals surface area contributed by atoms with Gasteiger partial charge in [0.25, 0.3) is 0 Å². The topological polar surface area (TPSA) is 32.3 Å². The molecular formula is C22H26Cl2N2OS. The maximum atomic E-state index is 12.4. The van der Waals surface area contributed by atoms with Crippen molar-refractivity contribution >= 4 is 40.9 Å². The van der Waals surface area contributed by atoms with E-state index in [1.165, 1.54) is 5.56 Å². The lowest BCUT2D eigenvalue weighted by Crippen LogP contribution is -2.40. The van der Waals surface area contributed by atoms with Crippen LogP contribution in [0.5, 0.6) is 0 Å². The highest BCUT2D eigenvalue weighted by atomic mass is 35.5. The number of piperidine rings is 1. The van der Waals surface area contributed by atoms with Gasteiger partial charge in [-0.15, -0.1) is 0 Å². The van der Waals surface area contributed by atoms with Gasteiger partial charge in [0.15, 0.2) is 0 Å². The summed E-state index contributed by atoms with van der Waals surface area (Å²) in [7, 11) is 0. The standard InChI is InChI=1S/C22H26Cl2N2OS/c23-20-6-3-4-17(14-20)16-28-13-10-25-22(27)18-8-11-26(12-9-18)15-19-5-1-2-7-21(19)24/h1-7,14,18H,8-13,15-16H2,(H,25,27). The summed E-state index contributed by atoms with van der Waals surface area (Å²) < 4.78 is 0. The maximum Gasteiger partial charge on any atom is 0.223 e. The zero-order valence-corrected chi connectivity index (χ0v) is 18.2. The van der Waals surface area contributed by atoms with Crippen LogP contribution in [0.1, 0.15) is 24.0 Å². The summed E-state index contributed by atoms with van der Waals surface area (Å²) in [4.78, 5) is 14.8. The number of thioether (sulfide) groups is 1. The molecule has 3 nitrogen and oxygen atoms in total. The number of hydrogen-bond donors (Lipinski definition) is 1. The quantitative estimate of drug-likeness (QED) is 0.573. The number of benzene rings is 2. The molecule has 1 amide bonds. The second kappa shape index (κ2) is 11.1. The summed E-state index contributed by atoms with van der Waals surface area (Å²) in [5, 5.41) is 4.69. The first-order valence-corrected chi connectivity index (χ1v) is 11.6. The molecule has 0 aliphatic carbocycles. The van der Waals surface area contributed by atoms with Crippen LogP contribution in [0.15, 0.2) is 48.5 Å². The molecule has 1 heterocycles. The molecule has 0 spiro atoms. The Morgan fingerprint density at radius 2 is 1.89 bits per heavy atom. The van der Waals surface area contributed by atoms with Crippen molar-refractivity contribution in [3.05, 3.63) is 69.7 Å². The Bertz CT molecular complexity index is 779. The van der Waals surface area contributed by atoms with Crippen molar-refractivity contribution in [2.24, 2.45) is 5.92 Å². The highest BCUT2D eigenvalue weighted by Gasteiger charge is 2.24. The summed E-state index contributed by atoms with van der Waals surface area (Å²) in [6, 6.07) is 15.9. The molecule has 1 fully saturated rings. The molecule has 0 aromatic heterocycles. The Labute approximate surface area is 181 Å². The molecule has 1 aliphatic heterocycles. The third-order valence-corrected chi connectivity index (χ3v) is 6.65. The van der Waals surface area contributed by atoms with E-state index in [0.717, 1.165) is 59.6 Å². The van der Waals surface area contributed by atoms with Crippen LogP contribution in [0.25, 0.3) is 0 Å². The van der Waals surface area contributed by atoms with Crippen molar-refractivity contribution < 1.29 is 4.79 Å². The third-order valence-electron chi connectivity index (χ3n) is 5.01. The van der Waals surface area contributed by atoms with Gasteiger partial charge in [-0.3, -0.25) is 9.69 Å². The van der Waals surface area contributed by atoms with Crippen LogP contribution in [-0.4, -0.2) is 36.2 Å². The maximum absolute atomic E-state index is 12.4. The highest BCUT2D eigenvalue weighted by Crippen LogP contribution is 2.22. The lowest BCUT2D eigenvalue weighted by Gasteiger charge is -2.31. The first-order chi connectivity index (χ1) is 13.6. The number of rotatable bonds is 8. The molecule has 6 heteroatoms. The van der Waals surface area contributed by atoms with Crippen LogP contribution in [0.3, 0.4) is 0 Å². The second-order valence-electron chi connectivity index (χ2n) is 7.12. The van der Waals surface area contributed by atoms with E-state index in [1.54, 1.807) is 0 Å². The number of halogens is 2. The van der Waals surface area contributed by atoms with Gasteiger partial charge in [-0.25, -0.2) is 0 Å². The number of nitrogens with one attached hydrogen (secondary N) is 1. The molecule has 0 bridgehead atoms. The molecule has 2 aromatic carbocycles. The molecule has 150 valence electrons. The Morgan fingerprint density at radius 3 is 2.64 bits per heavy atom. The molecule has 0 radical (unpaired) electrons. The van der Waals surface area contributed by atoms with E-state index >= 15 is 0 Å². The summed E-state index contributed by atoms with van der Waals surface area (Å²) in [6.07, 6.45) is 1.82. The van der Waals surface area contributed by atoms with Crippen LogP contribution >= 0.6 is 35.0 Å². The van der Waals surface area contributed by atoms with Gasteiger partial charge in [-0.2, -0.15) is 11.8 Å². The fourth-order valence-corrected chi connectivity index (χ4v) is 4.64. The predicted octanol–water partition coefficient (Wildman–Crippen LogP) is 5.26. The van der Waals surface area contributed by atoms with Gasteiger partial charge >= 0.3 is 0 Å². The lowest BCUT2D eigenvalue weighted by atomic mass is 9.95. The van der Waals surface area contributed by atoms with Crippen molar-refractivity contribution in [1.82, 2.24) is 10.2 Å². The number of nitrogens with zero attached hydrogens (tertiary/aromatic N) is 1.